The Morgan fingerprint density at radius 2 is 2.50 bits per heavy atom. The molecule has 5 nitrogen and oxygen atoms in total. The van der Waals surface area contributed by atoms with E-state index in [9.17, 15) is 0 Å². The maximum absolute atomic E-state index is 9.07. The van der Waals surface area contributed by atoms with Crippen molar-refractivity contribution in [3.05, 3.63) is 41.9 Å². The molecule has 0 fully saturated rings. The number of nitrogens with one attached hydrogen (secondary N) is 2. The van der Waals surface area contributed by atoms with Gasteiger partial charge in [0.1, 0.15) is 28.8 Å². The Morgan fingerprint density at radius 3 is 3.40 bits per heavy atom. The van der Waals surface area contributed by atoms with Gasteiger partial charge in [0.05, 0.1) is 12.3 Å². The average molecular weight is 300 g/mol. The van der Waals surface area contributed by atoms with E-state index < -0.39 is 0 Å². The molecule has 2 aliphatic rings. The third-order valence-electron chi connectivity index (χ3n) is 3.25. The molecule has 1 unspecified atom stereocenters. The fourth-order valence-corrected chi connectivity index (χ4v) is 4.31. The SMILES string of the molecule is N#CC1C=CC2=C(N1)N(c1snc3[nH+]cccc13)SC2. The summed E-state index contributed by atoms with van der Waals surface area (Å²) in [5, 5.41) is 14.5. The van der Waals surface area contributed by atoms with Gasteiger partial charge in [0, 0.05) is 15.7 Å². The van der Waals surface area contributed by atoms with Crippen LogP contribution in [0, 0.1) is 11.3 Å². The van der Waals surface area contributed by atoms with Crippen molar-refractivity contribution in [1.29, 1.82) is 5.26 Å². The number of allylic oxidation sites excluding steroid dienone is 1. The van der Waals surface area contributed by atoms with E-state index in [1.165, 1.54) is 17.1 Å². The predicted molar refractivity (Wildman–Crippen MR) is 79.8 cm³/mol. The second-order valence-electron chi connectivity index (χ2n) is 4.47. The summed E-state index contributed by atoms with van der Waals surface area (Å²) in [6.45, 7) is 0. The largest absolute Gasteiger partial charge is 0.352 e. The minimum Gasteiger partial charge on any atom is -0.352 e. The van der Waals surface area contributed by atoms with E-state index in [1.807, 2.05) is 24.4 Å². The molecule has 2 aromatic rings. The number of H-pyrrole nitrogens is 1. The van der Waals surface area contributed by atoms with Crippen LogP contribution in [0.1, 0.15) is 0 Å². The number of hydrogen-bond acceptors (Lipinski definition) is 6. The maximum Gasteiger partial charge on any atom is 0.345 e. The van der Waals surface area contributed by atoms with Gasteiger partial charge in [-0.05, 0) is 30.2 Å². The standard InChI is InChI=1S/C13H9N5S2/c14-6-9-4-3-8-7-19-18(12(8)16-9)13-10-2-1-5-15-11(10)17-20-13/h1-5,9,16H,7H2/p+1. The molecule has 2 aromatic heterocycles. The summed E-state index contributed by atoms with van der Waals surface area (Å²) in [6, 6.07) is 6.00. The molecule has 2 N–H and O–H groups in total. The molecule has 0 bridgehead atoms. The van der Waals surface area contributed by atoms with Crippen LogP contribution >= 0.6 is 23.5 Å². The first-order valence-electron chi connectivity index (χ1n) is 6.13. The van der Waals surface area contributed by atoms with Crippen LogP contribution in [-0.2, 0) is 0 Å². The van der Waals surface area contributed by atoms with Crippen LogP contribution in [0.2, 0.25) is 0 Å². The van der Waals surface area contributed by atoms with E-state index in [-0.39, 0.29) is 6.04 Å². The number of pyridine rings is 1. The first-order chi connectivity index (χ1) is 9.86. The summed E-state index contributed by atoms with van der Waals surface area (Å²) in [7, 11) is 0. The molecular weight excluding hydrogens is 290 g/mol. The fourth-order valence-electron chi connectivity index (χ4n) is 2.28. The van der Waals surface area contributed by atoms with E-state index in [2.05, 4.69) is 31.1 Å². The molecule has 0 saturated heterocycles. The molecule has 0 amide bonds. The van der Waals surface area contributed by atoms with Crippen molar-refractivity contribution in [2.45, 2.75) is 6.04 Å². The molecule has 0 aliphatic carbocycles. The fraction of sp³-hybridized carbons (Fsp3) is 0.154. The topological polar surface area (TPSA) is 66.1 Å². The van der Waals surface area contributed by atoms with E-state index in [1.54, 1.807) is 11.9 Å². The highest BCUT2D eigenvalue weighted by atomic mass is 32.2. The molecule has 2 aliphatic heterocycles. The number of hydrogen-bond donors (Lipinski definition) is 1. The number of fused-ring (bicyclic) bond motifs is 1. The van der Waals surface area contributed by atoms with Gasteiger partial charge in [-0.25, -0.2) is 4.98 Å². The second kappa shape index (κ2) is 4.51. The molecular formula is C13H10N5S2+. The van der Waals surface area contributed by atoms with Crippen molar-refractivity contribution in [2.75, 3.05) is 10.1 Å². The minimum absolute atomic E-state index is 0.263. The third kappa shape index (κ3) is 1.69. The summed E-state index contributed by atoms with van der Waals surface area (Å²) in [5.41, 5.74) is 2.12. The van der Waals surface area contributed by atoms with Gasteiger partial charge in [0.15, 0.2) is 5.00 Å². The molecule has 0 radical (unpaired) electrons. The lowest BCUT2D eigenvalue weighted by Gasteiger charge is -2.22. The second-order valence-corrected chi connectivity index (χ2v) is 6.14. The van der Waals surface area contributed by atoms with Gasteiger partial charge in [-0.15, -0.1) is 0 Å². The molecule has 7 heteroatoms. The normalized spacial score (nSPS) is 20.9. The monoisotopic (exact) mass is 300 g/mol. The lowest BCUT2D eigenvalue weighted by Crippen LogP contribution is -2.33. The number of nitrogens with zero attached hydrogens (tertiary/aromatic N) is 3. The van der Waals surface area contributed by atoms with E-state index in [4.69, 9.17) is 5.26 Å². The van der Waals surface area contributed by atoms with Crippen LogP contribution in [0.25, 0.3) is 11.0 Å². The Bertz CT molecular complexity index is 785. The Kier molecular flexibility index (Phi) is 2.65. The summed E-state index contributed by atoms with van der Waals surface area (Å²) >= 11 is 3.19. The van der Waals surface area contributed by atoms with Gasteiger partial charge in [-0.1, -0.05) is 6.08 Å². The Labute approximate surface area is 123 Å². The van der Waals surface area contributed by atoms with Crippen LogP contribution in [0.3, 0.4) is 0 Å². The third-order valence-corrected chi connectivity index (χ3v) is 5.28. The quantitative estimate of drug-likeness (QED) is 0.814. The molecule has 98 valence electrons. The lowest BCUT2D eigenvalue weighted by atomic mass is 10.1. The van der Waals surface area contributed by atoms with Crippen molar-refractivity contribution in [1.82, 2.24) is 9.69 Å². The van der Waals surface area contributed by atoms with Crippen molar-refractivity contribution in [3.8, 4) is 6.07 Å². The molecule has 4 rings (SSSR count). The van der Waals surface area contributed by atoms with Gasteiger partial charge in [-0.3, -0.25) is 4.31 Å². The van der Waals surface area contributed by atoms with Crippen molar-refractivity contribution in [3.63, 3.8) is 0 Å². The number of dihydropyridines is 1. The van der Waals surface area contributed by atoms with Crippen molar-refractivity contribution in [2.24, 2.45) is 0 Å². The van der Waals surface area contributed by atoms with Crippen LogP contribution in [0.5, 0.6) is 0 Å². The first-order valence-corrected chi connectivity index (χ1v) is 7.85. The Balaban J connectivity index is 1.78. The van der Waals surface area contributed by atoms with Gasteiger partial charge >= 0.3 is 5.65 Å². The molecule has 20 heavy (non-hydrogen) atoms. The maximum atomic E-state index is 9.07. The van der Waals surface area contributed by atoms with Crippen molar-refractivity contribution < 1.29 is 4.98 Å². The van der Waals surface area contributed by atoms with E-state index in [0.717, 1.165) is 27.6 Å². The van der Waals surface area contributed by atoms with Gasteiger partial charge in [0.2, 0.25) is 0 Å². The highest BCUT2D eigenvalue weighted by Gasteiger charge is 2.31. The minimum atomic E-state index is -0.263. The average Bonchev–Trinajstić information content (AvgIpc) is 3.09. The number of aromatic nitrogens is 2. The van der Waals surface area contributed by atoms with Gasteiger partial charge in [0.25, 0.3) is 0 Å². The summed E-state index contributed by atoms with van der Waals surface area (Å²) in [4.78, 5) is 3.15. The van der Waals surface area contributed by atoms with Gasteiger partial charge in [-0.2, -0.15) is 5.26 Å². The zero-order valence-corrected chi connectivity index (χ0v) is 12.0. The van der Waals surface area contributed by atoms with Crippen molar-refractivity contribution >= 4 is 39.5 Å². The van der Waals surface area contributed by atoms with E-state index in [0.29, 0.717) is 0 Å². The van der Waals surface area contributed by atoms with Crippen LogP contribution in [0.4, 0.5) is 5.00 Å². The zero-order valence-electron chi connectivity index (χ0n) is 10.3. The molecule has 0 saturated carbocycles. The lowest BCUT2D eigenvalue weighted by molar-refractivity contribution is -0.347. The number of aromatic amines is 1. The van der Waals surface area contributed by atoms with Crippen LogP contribution in [0.15, 0.2) is 41.9 Å². The first kappa shape index (κ1) is 11.8. The Hall–Kier alpha value is -2.04. The smallest absolute Gasteiger partial charge is 0.345 e. The van der Waals surface area contributed by atoms with Crippen LogP contribution in [-0.4, -0.2) is 16.2 Å². The molecule has 4 heterocycles. The number of nitriles is 1. The van der Waals surface area contributed by atoms with Gasteiger partial charge < -0.3 is 5.32 Å². The predicted octanol–water partition coefficient (Wildman–Crippen LogP) is 1.84. The molecule has 0 spiro atoms. The number of rotatable bonds is 1. The van der Waals surface area contributed by atoms with E-state index >= 15 is 0 Å². The summed E-state index contributed by atoms with van der Waals surface area (Å²) in [5.74, 6) is 1.92. The highest BCUT2D eigenvalue weighted by molar-refractivity contribution is 8.01. The highest BCUT2D eigenvalue weighted by Crippen LogP contribution is 2.42. The number of anilines is 1. The summed E-state index contributed by atoms with van der Waals surface area (Å²) in [6.07, 6.45) is 5.82. The molecule has 1 atom stereocenters. The molecule has 0 aromatic carbocycles. The van der Waals surface area contributed by atoms with Crippen LogP contribution < -0.4 is 14.6 Å². The summed E-state index contributed by atoms with van der Waals surface area (Å²) < 4.78 is 6.59. The Morgan fingerprint density at radius 1 is 1.55 bits per heavy atom. The zero-order chi connectivity index (χ0) is 13.5.